The van der Waals surface area contributed by atoms with E-state index in [1.165, 1.54) is 0 Å². The smallest absolute Gasteiger partial charge is 0.184 e. The zero-order valence-electron chi connectivity index (χ0n) is 15.9. The highest BCUT2D eigenvalue weighted by molar-refractivity contribution is 9.11. The zero-order chi connectivity index (χ0) is 18.7. The molecule has 1 aromatic rings. The van der Waals surface area contributed by atoms with E-state index in [9.17, 15) is 0 Å². The molecule has 7 heteroatoms. The Morgan fingerprint density at radius 3 is 2.12 bits per heavy atom. The molecule has 0 aromatic carbocycles. The molecule has 1 aliphatic heterocycles. The van der Waals surface area contributed by atoms with Crippen LogP contribution in [0.15, 0.2) is 20.4 Å². The molecule has 2 rings (SSSR count). The summed E-state index contributed by atoms with van der Waals surface area (Å²) in [5, 5.41) is 0. The fourth-order valence-corrected chi connectivity index (χ4v) is 3.34. The summed E-state index contributed by atoms with van der Waals surface area (Å²) in [6, 6.07) is 0. The molecule has 1 fully saturated rings. The number of halogens is 2. The molecule has 0 radical (unpaired) electrons. The molecule has 1 aliphatic rings. The topological polar surface area (TPSA) is 42.6 Å². The summed E-state index contributed by atoms with van der Waals surface area (Å²) >= 11 is 7.03. The van der Waals surface area contributed by atoms with Gasteiger partial charge in [-0.3, -0.25) is 4.57 Å². The second-order valence-corrected chi connectivity index (χ2v) is 5.96. The quantitative estimate of drug-likeness (QED) is 0.437. The van der Waals surface area contributed by atoms with Crippen LogP contribution in [0, 0.1) is 6.92 Å². The number of rotatable bonds is 2. The highest BCUT2D eigenvalue weighted by Gasteiger charge is 2.16. The summed E-state index contributed by atoms with van der Waals surface area (Å²) in [6.45, 7) is 17.2. The van der Waals surface area contributed by atoms with Gasteiger partial charge in [0, 0.05) is 13.1 Å². The van der Waals surface area contributed by atoms with Crippen LogP contribution in [0.1, 0.15) is 47.2 Å². The monoisotopic (exact) mass is 464 g/mol. The standard InChI is InChI=1S/C13H18Br2N4O.2C2H6/c1-4-11(19-12(14)9(2)16-13(19)15)17-10(3)18-5-7-20-8-6-18;2*1-2/h4H,5-8H2,1-3H3;2*1-2H3/b11-4+,17-10+;;. The van der Waals surface area contributed by atoms with Crippen LogP contribution in [0.25, 0.3) is 5.82 Å². The lowest BCUT2D eigenvalue weighted by Gasteiger charge is -2.28. The van der Waals surface area contributed by atoms with Gasteiger partial charge in [0.05, 0.1) is 18.9 Å². The third-order valence-electron chi connectivity index (χ3n) is 3.17. The van der Waals surface area contributed by atoms with E-state index in [4.69, 9.17) is 9.73 Å². The zero-order valence-corrected chi connectivity index (χ0v) is 19.0. The molecule has 0 bridgehead atoms. The van der Waals surface area contributed by atoms with Gasteiger partial charge in [0.25, 0.3) is 0 Å². The van der Waals surface area contributed by atoms with Gasteiger partial charge in [-0.1, -0.05) is 27.7 Å². The van der Waals surface area contributed by atoms with Crippen molar-refractivity contribution in [1.29, 1.82) is 0 Å². The first kappa shape index (κ1) is 23.3. The molecule has 1 saturated heterocycles. The van der Waals surface area contributed by atoms with Crippen molar-refractivity contribution in [3.05, 3.63) is 21.1 Å². The fraction of sp³-hybridized carbons (Fsp3) is 0.647. The Bertz CT molecular complexity index is 547. The summed E-state index contributed by atoms with van der Waals surface area (Å²) in [5.74, 6) is 1.83. The third-order valence-corrected chi connectivity index (χ3v) is 4.63. The number of aromatic nitrogens is 2. The van der Waals surface area contributed by atoms with Gasteiger partial charge in [-0.05, 0) is 58.7 Å². The number of aryl methyl sites for hydroxylation is 1. The number of nitrogens with zero attached hydrogens (tertiary/aromatic N) is 4. The van der Waals surface area contributed by atoms with Gasteiger partial charge in [-0.15, -0.1) is 0 Å². The molecule has 0 spiro atoms. The van der Waals surface area contributed by atoms with Crippen molar-refractivity contribution in [2.24, 2.45) is 4.99 Å². The van der Waals surface area contributed by atoms with Crippen LogP contribution in [0.2, 0.25) is 0 Å². The number of amidine groups is 1. The molecule has 0 aliphatic carbocycles. The van der Waals surface area contributed by atoms with Crippen molar-refractivity contribution in [3.63, 3.8) is 0 Å². The molecule has 0 saturated carbocycles. The van der Waals surface area contributed by atoms with E-state index in [-0.39, 0.29) is 0 Å². The van der Waals surface area contributed by atoms with Crippen LogP contribution in [0.3, 0.4) is 0 Å². The molecule has 0 unspecified atom stereocenters. The maximum atomic E-state index is 5.37. The number of allylic oxidation sites excluding steroid dienone is 1. The summed E-state index contributed by atoms with van der Waals surface area (Å²) in [6.07, 6.45) is 1.97. The van der Waals surface area contributed by atoms with E-state index in [2.05, 4.69) is 41.7 Å². The van der Waals surface area contributed by atoms with Crippen LogP contribution in [-0.4, -0.2) is 46.6 Å². The first-order valence-electron chi connectivity index (χ1n) is 8.49. The second-order valence-electron chi connectivity index (χ2n) is 4.50. The number of aliphatic imine (C=N–C) groups is 1. The van der Waals surface area contributed by atoms with Crippen LogP contribution >= 0.6 is 31.9 Å². The van der Waals surface area contributed by atoms with E-state index < -0.39 is 0 Å². The number of morpholine rings is 1. The number of imidazole rings is 1. The molecular weight excluding hydrogens is 436 g/mol. The Balaban J connectivity index is 0.00000123. The van der Waals surface area contributed by atoms with Crippen molar-refractivity contribution in [2.75, 3.05) is 26.3 Å². The van der Waals surface area contributed by atoms with Crippen molar-refractivity contribution in [1.82, 2.24) is 14.5 Å². The molecule has 0 amide bonds. The summed E-state index contributed by atoms with van der Waals surface area (Å²) in [4.78, 5) is 11.4. The molecular formula is C17H30Br2N4O. The van der Waals surface area contributed by atoms with E-state index in [1.807, 2.05) is 59.1 Å². The van der Waals surface area contributed by atoms with Crippen LogP contribution < -0.4 is 0 Å². The molecule has 24 heavy (non-hydrogen) atoms. The number of hydrogen-bond donors (Lipinski definition) is 0. The van der Waals surface area contributed by atoms with E-state index >= 15 is 0 Å². The van der Waals surface area contributed by atoms with Crippen LogP contribution in [0.4, 0.5) is 0 Å². The lowest BCUT2D eigenvalue weighted by atomic mass is 10.4. The molecule has 138 valence electrons. The predicted octanol–water partition coefficient (Wildman–Crippen LogP) is 5.34. The van der Waals surface area contributed by atoms with Crippen molar-refractivity contribution < 1.29 is 4.74 Å². The normalized spacial score (nSPS) is 15.3. The molecule has 5 nitrogen and oxygen atoms in total. The summed E-state index contributed by atoms with van der Waals surface area (Å²) < 4.78 is 8.97. The van der Waals surface area contributed by atoms with Crippen molar-refractivity contribution in [2.45, 2.75) is 48.5 Å². The third kappa shape index (κ3) is 6.33. The van der Waals surface area contributed by atoms with Gasteiger partial charge >= 0.3 is 0 Å². The van der Waals surface area contributed by atoms with Gasteiger partial charge in [-0.2, -0.15) is 0 Å². The maximum Gasteiger partial charge on any atom is 0.184 e. The Kier molecular flexibility index (Phi) is 12.3. The first-order valence-corrected chi connectivity index (χ1v) is 10.1. The highest BCUT2D eigenvalue weighted by Crippen LogP contribution is 2.26. The lowest BCUT2D eigenvalue weighted by Crippen LogP contribution is -2.39. The Morgan fingerprint density at radius 2 is 1.71 bits per heavy atom. The van der Waals surface area contributed by atoms with Gasteiger partial charge in [0.15, 0.2) is 4.73 Å². The SMILES string of the molecule is C/C=C(\N=C(/C)N1CCOCC1)n1c(Br)nc(C)c1Br.CC.CC. The van der Waals surface area contributed by atoms with Gasteiger partial charge in [0.2, 0.25) is 0 Å². The molecule has 1 aromatic heterocycles. The van der Waals surface area contributed by atoms with Crippen LogP contribution in [-0.2, 0) is 4.74 Å². The van der Waals surface area contributed by atoms with Gasteiger partial charge < -0.3 is 9.64 Å². The minimum absolute atomic E-state index is 0.744. The number of hydrogen-bond acceptors (Lipinski definition) is 3. The largest absolute Gasteiger partial charge is 0.378 e. The fourth-order valence-electron chi connectivity index (χ4n) is 2.04. The molecule has 2 heterocycles. The number of ether oxygens (including phenoxy) is 1. The second kappa shape index (κ2) is 12.7. The average molecular weight is 466 g/mol. The minimum Gasteiger partial charge on any atom is -0.378 e. The summed E-state index contributed by atoms with van der Waals surface area (Å²) in [7, 11) is 0. The lowest BCUT2D eigenvalue weighted by molar-refractivity contribution is 0.0678. The van der Waals surface area contributed by atoms with E-state index in [0.29, 0.717) is 0 Å². The van der Waals surface area contributed by atoms with Crippen molar-refractivity contribution >= 4 is 43.5 Å². The van der Waals surface area contributed by atoms with E-state index in [0.717, 1.165) is 53.0 Å². The van der Waals surface area contributed by atoms with E-state index in [1.54, 1.807) is 0 Å². The highest BCUT2D eigenvalue weighted by atomic mass is 79.9. The van der Waals surface area contributed by atoms with Crippen molar-refractivity contribution in [3.8, 4) is 0 Å². The first-order chi connectivity index (χ1) is 11.5. The average Bonchev–Trinajstić information content (AvgIpc) is 2.89. The maximum absolute atomic E-state index is 5.37. The molecule has 0 atom stereocenters. The minimum atomic E-state index is 0.744. The Hall–Kier alpha value is -0.660. The summed E-state index contributed by atoms with van der Waals surface area (Å²) in [5.41, 5.74) is 0.926. The predicted molar refractivity (Wildman–Crippen MR) is 111 cm³/mol. The molecule has 0 N–H and O–H groups in total. The Labute approximate surface area is 163 Å². The van der Waals surface area contributed by atoms with Gasteiger partial charge in [0.1, 0.15) is 16.3 Å². The van der Waals surface area contributed by atoms with Gasteiger partial charge in [-0.25, -0.2) is 9.98 Å². The Morgan fingerprint density at radius 1 is 1.17 bits per heavy atom. The van der Waals surface area contributed by atoms with Crippen LogP contribution in [0.5, 0.6) is 0 Å².